The van der Waals surface area contributed by atoms with Crippen molar-refractivity contribution in [2.75, 3.05) is 31.2 Å². The van der Waals surface area contributed by atoms with Crippen LogP contribution in [0.5, 0.6) is 5.75 Å². The molecule has 0 atom stereocenters. The van der Waals surface area contributed by atoms with E-state index in [9.17, 15) is 18.0 Å². The van der Waals surface area contributed by atoms with Crippen LogP contribution in [0.4, 0.5) is 19.9 Å². The summed E-state index contributed by atoms with van der Waals surface area (Å²) in [5, 5.41) is 4.51. The minimum absolute atomic E-state index is 0.0866. The Morgan fingerprint density at radius 1 is 1.21 bits per heavy atom. The van der Waals surface area contributed by atoms with Crippen LogP contribution >= 0.6 is 11.3 Å². The van der Waals surface area contributed by atoms with E-state index in [1.165, 1.54) is 61.6 Å². The highest BCUT2D eigenvalue weighted by Crippen LogP contribution is 2.29. The third-order valence-electron chi connectivity index (χ3n) is 5.49. The van der Waals surface area contributed by atoms with E-state index in [1.807, 2.05) is 0 Å². The lowest BCUT2D eigenvalue weighted by atomic mass is 9.97. The fourth-order valence-electron chi connectivity index (χ4n) is 3.58. The molecule has 0 aliphatic heterocycles. The molecule has 11 nitrogen and oxygen atoms in total. The van der Waals surface area contributed by atoms with Crippen molar-refractivity contribution < 1.29 is 26.8 Å². The van der Waals surface area contributed by atoms with E-state index < -0.39 is 27.7 Å². The number of carbonyl (C=O) groups excluding carboxylic acids is 1. The molecule has 200 valence electrons. The number of halogens is 1. The Morgan fingerprint density at radius 2 is 2.00 bits per heavy atom. The van der Waals surface area contributed by atoms with Gasteiger partial charge in [-0.05, 0) is 29.3 Å². The molecular formula is C24H24FN5O6S2. The van der Waals surface area contributed by atoms with Gasteiger partial charge in [-0.1, -0.05) is 12.1 Å². The van der Waals surface area contributed by atoms with Crippen molar-refractivity contribution in [3.8, 4) is 5.75 Å². The van der Waals surface area contributed by atoms with E-state index in [4.69, 9.17) is 9.15 Å². The molecule has 1 amide bonds. The van der Waals surface area contributed by atoms with Gasteiger partial charge in [0.25, 0.3) is 10.2 Å². The SMILES string of the molecule is CNS(=O)(=O)Nc1cccc(Cc2c(CNc3cncs3)c3ccc(OC(=O)N(C)C)cc3oc2=O)c1F. The van der Waals surface area contributed by atoms with Gasteiger partial charge in [-0.2, -0.15) is 8.42 Å². The molecule has 3 N–H and O–H groups in total. The Hall–Kier alpha value is -4.01. The largest absolute Gasteiger partial charge is 0.422 e. The first kappa shape index (κ1) is 27.0. The van der Waals surface area contributed by atoms with Crippen LogP contribution in [-0.2, 0) is 23.2 Å². The van der Waals surface area contributed by atoms with Crippen molar-refractivity contribution in [2.45, 2.75) is 13.0 Å². The first-order valence-electron chi connectivity index (χ1n) is 11.2. The van der Waals surface area contributed by atoms with Crippen LogP contribution in [0.15, 0.2) is 57.3 Å². The minimum atomic E-state index is -3.96. The van der Waals surface area contributed by atoms with Crippen LogP contribution in [-0.4, -0.2) is 45.5 Å². The summed E-state index contributed by atoms with van der Waals surface area (Å²) in [6.45, 7) is 0.185. The lowest BCUT2D eigenvalue weighted by Gasteiger charge is -2.15. The molecule has 4 aromatic rings. The molecule has 0 spiro atoms. The molecule has 0 saturated carbocycles. The predicted octanol–water partition coefficient (Wildman–Crippen LogP) is 3.53. The maximum atomic E-state index is 15.3. The van der Waals surface area contributed by atoms with Gasteiger partial charge < -0.3 is 19.4 Å². The number of ether oxygens (including phenoxy) is 1. The number of amides is 1. The number of thiazole rings is 1. The monoisotopic (exact) mass is 561 g/mol. The summed E-state index contributed by atoms with van der Waals surface area (Å²) in [5.41, 5.74) is 1.66. The topological polar surface area (TPSA) is 143 Å². The van der Waals surface area contributed by atoms with Gasteiger partial charge in [0.05, 0.1) is 17.4 Å². The fraction of sp³-hybridized carbons (Fsp3) is 0.208. The van der Waals surface area contributed by atoms with Crippen LogP contribution in [0.1, 0.15) is 16.7 Å². The Labute approximate surface area is 221 Å². The molecule has 2 aromatic carbocycles. The molecule has 2 aromatic heterocycles. The molecule has 0 aliphatic carbocycles. The van der Waals surface area contributed by atoms with E-state index in [2.05, 4.69) is 19.7 Å². The van der Waals surface area contributed by atoms with Crippen LogP contribution in [0, 0.1) is 5.82 Å². The predicted molar refractivity (Wildman–Crippen MR) is 142 cm³/mol. The molecular weight excluding hydrogens is 537 g/mol. The lowest BCUT2D eigenvalue weighted by Crippen LogP contribution is -2.27. The molecule has 0 unspecified atom stereocenters. The highest BCUT2D eigenvalue weighted by Gasteiger charge is 2.20. The third kappa shape index (κ3) is 6.10. The van der Waals surface area contributed by atoms with Crippen molar-refractivity contribution in [3.05, 3.63) is 81.0 Å². The molecule has 38 heavy (non-hydrogen) atoms. The van der Waals surface area contributed by atoms with Crippen molar-refractivity contribution in [1.29, 1.82) is 0 Å². The second-order valence-electron chi connectivity index (χ2n) is 8.25. The van der Waals surface area contributed by atoms with Gasteiger partial charge in [-0.3, -0.25) is 9.71 Å². The number of rotatable bonds is 9. The summed E-state index contributed by atoms with van der Waals surface area (Å²) >= 11 is 1.37. The van der Waals surface area contributed by atoms with E-state index in [0.717, 1.165) is 5.00 Å². The number of nitrogens with one attached hydrogen (secondary N) is 3. The minimum Gasteiger partial charge on any atom is -0.422 e. The zero-order chi connectivity index (χ0) is 27.4. The number of anilines is 2. The Bertz CT molecular complexity index is 1640. The summed E-state index contributed by atoms with van der Waals surface area (Å²) < 4.78 is 54.0. The number of fused-ring (bicyclic) bond motifs is 1. The van der Waals surface area contributed by atoms with Gasteiger partial charge in [0.1, 0.15) is 16.3 Å². The second-order valence-corrected chi connectivity index (χ2v) is 10.8. The van der Waals surface area contributed by atoms with Gasteiger partial charge in [0.2, 0.25) is 0 Å². The smallest absolute Gasteiger partial charge is 0.414 e. The van der Waals surface area contributed by atoms with Crippen LogP contribution in [0.3, 0.4) is 0 Å². The Morgan fingerprint density at radius 3 is 2.68 bits per heavy atom. The number of benzene rings is 2. The van der Waals surface area contributed by atoms with Crippen LogP contribution in [0.2, 0.25) is 0 Å². The van der Waals surface area contributed by atoms with Crippen LogP contribution in [0.25, 0.3) is 11.0 Å². The maximum Gasteiger partial charge on any atom is 0.414 e. The van der Waals surface area contributed by atoms with Crippen molar-refractivity contribution in [3.63, 3.8) is 0 Å². The zero-order valence-corrected chi connectivity index (χ0v) is 22.2. The number of carbonyl (C=O) groups is 1. The summed E-state index contributed by atoms with van der Waals surface area (Å²) in [4.78, 5) is 30.4. The number of hydrogen-bond acceptors (Lipinski definition) is 9. The number of hydrogen-bond donors (Lipinski definition) is 3. The van der Waals surface area contributed by atoms with Gasteiger partial charge >= 0.3 is 11.7 Å². The van der Waals surface area contributed by atoms with Crippen LogP contribution < -0.4 is 25.1 Å². The summed E-state index contributed by atoms with van der Waals surface area (Å²) in [6, 6.07) is 8.87. The molecule has 0 fully saturated rings. The van der Waals surface area contributed by atoms with E-state index in [0.29, 0.717) is 10.9 Å². The molecule has 0 radical (unpaired) electrons. The maximum absolute atomic E-state index is 15.3. The molecule has 0 saturated heterocycles. The standard InChI is InChI=1S/C24H24FN5O6S2/c1-26-38(33,34)29-19-6-4-5-14(22(19)25)9-17-18(11-28-21-12-27-13-37-21)16-8-7-15(35-24(32)30(2)3)10-20(16)36-23(17)31/h4-8,10,12-13,26,28-29H,9,11H2,1-3H3. The number of nitrogens with zero attached hydrogens (tertiary/aromatic N) is 2. The average Bonchev–Trinajstić information content (AvgIpc) is 3.39. The van der Waals surface area contributed by atoms with E-state index in [1.54, 1.807) is 23.8 Å². The van der Waals surface area contributed by atoms with Gasteiger partial charge in [0.15, 0.2) is 5.82 Å². The van der Waals surface area contributed by atoms with Crippen molar-refractivity contribution in [2.24, 2.45) is 0 Å². The quantitative estimate of drug-likeness (QED) is 0.264. The zero-order valence-electron chi connectivity index (χ0n) is 20.6. The van der Waals surface area contributed by atoms with E-state index in [-0.39, 0.29) is 41.1 Å². The normalized spacial score (nSPS) is 11.4. The molecule has 4 rings (SSSR count). The van der Waals surface area contributed by atoms with Gasteiger partial charge in [-0.15, -0.1) is 11.3 Å². The van der Waals surface area contributed by atoms with Gasteiger partial charge in [-0.25, -0.2) is 18.7 Å². The summed E-state index contributed by atoms with van der Waals surface area (Å²) in [5.74, 6) is -0.637. The average molecular weight is 562 g/mol. The second kappa shape index (κ2) is 11.2. The summed E-state index contributed by atoms with van der Waals surface area (Å²) in [6.07, 6.45) is 0.865. The van der Waals surface area contributed by atoms with Crippen molar-refractivity contribution in [1.82, 2.24) is 14.6 Å². The highest BCUT2D eigenvalue weighted by molar-refractivity contribution is 7.90. The Balaban J connectivity index is 1.78. The lowest BCUT2D eigenvalue weighted by molar-refractivity contribution is 0.172. The fourth-order valence-corrected chi connectivity index (χ4v) is 4.64. The molecule has 2 heterocycles. The molecule has 0 bridgehead atoms. The van der Waals surface area contributed by atoms with Crippen molar-refractivity contribution >= 4 is 49.3 Å². The van der Waals surface area contributed by atoms with E-state index >= 15 is 4.39 Å². The third-order valence-corrected chi connectivity index (χ3v) is 7.25. The molecule has 14 heteroatoms. The molecule has 0 aliphatic rings. The first-order chi connectivity index (χ1) is 18.1. The first-order valence-corrected chi connectivity index (χ1v) is 13.5. The number of aromatic nitrogens is 1. The summed E-state index contributed by atoms with van der Waals surface area (Å²) in [7, 11) is 0.315. The highest BCUT2D eigenvalue weighted by atomic mass is 32.2. The Kier molecular flexibility index (Phi) is 7.94. The van der Waals surface area contributed by atoms with Gasteiger partial charge in [0, 0.05) is 51.1 Å².